The molecule has 84 valence electrons. The van der Waals surface area contributed by atoms with Gasteiger partial charge in [-0.05, 0) is 17.6 Å². The van der Waals surface area contributed by atoms with E-state index in [1.54, 1.807) is 12.2 Å². The molecule has 0 aliphatic carbocycles. The Bertz CT molecular complexity index is 279. The van der Waals surface area contributed by atoms with Gasteiger partial charge < -0.3 is 10.0 Å². The zero-order valence-corrected chi connectivity index (χ0v) is 9.49. The Morgan fingerprint density at radius 2 is 1.87 bits per heavy atom. The molecule has 1 N–H and O–H groups in total. The monoisotopic (exact) mass is 209 g/mol. The molecule has 15 heavy (non-hydrogen) atoms. The van der Waals surface area contributed by atoms with Crippen molar-refractivity contribution >= 4 is 6.09 Å². The van der Waals surface area contributed by atoms with E-state index in [0.29, 0.717) is 13.1 Å². The maximum Gasteiger partial charge on any atom is 0.407 e. The lowest BCUT2D eigenvalue weighted by molar-refractivity contribution is 0.148. The molecule has 3 heteroatoms. The molecule has 1 aliphatic rings. The highest BCUT2D eigenvalue weighted by atomic mass is 16.4. The second-order valence-corrected chi connectivity index (χ2v) is 2.91. The van der Waals surface area contributed by atoms with Gasteiger partial charge in [-0.1, -0.05) is 39.2 Å². The van der Waals surface area contributed by atoms with Crippen LogP contribution >= 0.6 is 0 Å². The number of allylic oxidation sites excluding steroid dienone is 1. The van der Waals surface area contributed by atoms with E-state index in [2.05, 4.69) is 13.2 Å². The highest BCUT2D eigenvalue weighted by Crippen LogP contribution is 2.19. The molecule has 0 radical (unpaired) electrons. The summed E-state index contributed by atoms with van der Waals surface area (Å²) >= 11 is 0. The predicted molar refractivity (Wildman–Crippen MR) is 63.0 cm³/mol. The number of nitrogens with zero attached hydrogens (tertiary/aromatic N) is 1. The van der Waals surface area contributed by atoms with Crippen LogP contribution in [0.3, 0.4) is 0 Å². The van der Waals surface area contributed by atoms with Crippen molar-refractivity contribution in [2.24, 2.45) is 0 Å². The van der Waals surface area contributed by atoms with E-state index in [-0.39, 0.29) is 0 Å². The number of amides is 1. The number of hydrogen-bond acceptors (Lipinski definition) is 1. The fourth-order valence-electron chi connectivity index (χ4n) is 1.39. The van der Waals surface area contributed by atoms with Gasteiger partial charge in [-0.2, -0.15) is 0 Å². The Labute approximate surface area is 91.4 Å². The molecule has 0 fully saturated rings. The smallest absolute Gasteiger partial charge is 0.407 e. The van der Waals surface area contributed by atoms with Gasteiger partial charge in [0.1, 0.15) is 0 Å². The number of rotatable bonds is 2. The van der Waals surface area contributed by atoms with Crippen LogP contribution in [0, 0.1) is 0 Å². The van der Waals surface area contributed by atoms with Crippen molar-refractivity contribution in [2.45, 2.75) is 20.3 Å². The second kappa shape index (κ2) is 6.87. The van der Waals surface area contributed by atoms with E-state index >= 15 is 0 Å². The van der Waals surface area contributed by atoms with E-state index in [1.807, 2.05) is 13.8 Å². The fraction of sp³-hybridized carbons (Fsp3) is 0.417. The molecule has 0 aromatic carbocycles. The second-order valence-electron chi connectivity index (χ2n) is 2.91. The molecular formula is C12H19NO2. The summed E-state index contributed by atoms with van der Waals surface area (Å²) in [5, 5.41) is 8.75. The average molecular weight is 209 g/mol. The highest BCUT2D eigenvalue weighted by molar-refractivity contribution is 5.66. The Balaban J connectivity index is 0.000000921. The topological polar surface area (TPSA) is 40.5 Å². The standard InChI is InChI=1S/C10H13NO2.C2H6/c1-3-8-5-6-11(10(12)13)7-9(8)4-2;1-2/h3-4H,1-2,5-7H2,(H,12,13);1-2H3. The van der Waals surface area contributed by atoms with Gasteiger partial charge >= 0.3 is 6.09 Å². The van der Waals surface area contributed by atoms with Gasteiger partial charge in [-0.25, -0.2) is 4.79 Å². The molecule has 1 rings (SSSR count). The first-order valence-corrected chi connectivity index (χ1v) is 5.13. The average Bonchev–Trinajstić information content (AvgIpc) is 2.30. The van der Waals surface area contributed by atoms with Crippen molar-refractivity contribution in [3.8, 4) is 0 Å². The summed E-state index contributed by atoms with van der Waals surface area (Å²) in [6.07, 6.45) is 3.34. The van der Waals surface area contributed by atoms with E-state index in [9.17, 15) is 4.79 Å². The van der Waals surface area contributed by atoms with Gasteiger partial charge in [0.2, 0.25) is 0 Å². The summed E-state index contributed by atoms with van der Waals surface area (Å²) in [5.41, 5.74) is 2.07. The van der Waals surface area contributed by atoms with Crippen molar-refractivity contribution in [3.63, 3.8) is 0 Å². The Morgan fingerprint density at radius 3 is 2.27 bits per heavy atom. The van der Waals surface area contributed by atoms with Crippen LogP contribution in [-0.2, 0) is 0 Å². The van der Waals surface area contributed by atoms with Gasteiger partial charge in [-0.3, -0.25) is 0 Å². The lowest BCUT2D eigenvalue weighted by atomic mass is 10.0. The summed E-state index contributed by atoms with van der Waals surface area (Å²) in [5.74, 6) is 0. The molecule has 0 aromatic heterocycles. The molecule has 0 atom stereocenters. The molecule has 0 bridgehead atoms. The summed E-state index contributed by atoms with van der Waals surface area (Å²) < 4.78 is 0. The van der Waals surface area contributed by atoms with Crippen LogP contribution in [-0.4, -0.2) is 29.2 Å². The van der Waals surface area contributed by atoms with Crippen LogP contribution < -0.4 is 0 Å². The normalized spacial score (nSPS) is 15.2. The molecule has 0 aromatic rings. The minimum absolute atomic E-state index is 0.431. The van der Waals surface area contributed by atoms with Crippen molar-refractivity contribution < 1.29 is 9.90 Å². The van der Waals surface area contributed by atoms with Crippen LogP contribution in [0.25, 0.3) is 0 Å². The maximum absolute atomic E-state index is 10.7. The third kappa shape index (κ3) is 3.62. The highest BCUT2D eigenvalue weighted by Gasteiger charge is 2.18. The molecule has 1 aliphatic heterocycles. The molecule has 0 spiro atoms. The van der Waals surface area contributed by atoms with Crippen LogP contribution in [0.4, 0.5) is 4.79 Å². The lowest BCUT2D eigenvalue weighted by Crippen LogP contribution is -2.35. The summed E-state index contributed by atoms with van der Waals surface area (Å²) in [4.78, 5) is 12.0. The molecular weight excluding hydrogens is 190 g/mol. The van der Waals surface area contributed by atoms with Crippen LogP contribution in [0.15, 0.2) is 36.5 Å². The summed E-state index contributed by atoms with van der Waals surface area (Å²) in [6, 6.07) is 0. The Hall–Kier alpha value is -1.51. The van der Waals surface area contributed by atoms with E-state index in [4.69, 9.17) is 5.11 Å². The third-order valence-electron chi connectivity index (χ3n) is 2.19. The number of hydrogen-bond donors (Lipinski definition) is 1. The van der Waals surface area contributed by atoms with E-state index in [0.717, 1.165) is 17.6 Å². The third-order valence-corrected chi connectivity index (χ3v) is 2.19. The van der Waals surface area contributed by atoms with Crippen molar-refractivity contribution in [2.75, 3.05) is 13.1 Å². The van der Waals surface area contributed by atoms with Crippen LogP contribution in [0.5, 0.6) is 0 Å². The zero-order valence-electron chi connectivity index (χ0n) is 9.49. The molecule has 0 saturated carbocycles. The van der Waals surface area contributed by atoms with E-state index in [1.165, 1.54) is 4.90 Å². The summed E-state index contributed by atoms with van der Waals surface area (Å²) in [7, 11) is 0. The van der Waals surface area contributed by atoms with E-state index < -0.39 is 6.09 Å². The van der Waals surface area contributed by atoms with Crippen molar-refractivity contribution in [3.05, 3.63) is 36.5 Å². The van der Waals surface area contributed by atoms with Crippen LogP contribution in [0.2, 0.25) is 0 Å². The first-order chi connectivity index (χ1) is 7.19. The van der Waals surface area contributed by atoms with Gasteiger partial charge in [0.05, 0.1) is 0 Å². The van der Waals surface area contributed by atoms with Crippen LogP contribution in [0.1, 0.15) is 20.3 Å². The van der Waals surface area contributed by atoms with Gasteiger partial charge in [0.25, 0.3) is 0 Å². The minimum Gasteiger partial charge on any atom is -0.465 e. The fourth-order valence-corrected chi connectivity index (χ4v) is 1.39. The molecule has 3 nitrogen and oxygen atoms in total. The Morgan fingerprint density at radius 1 is 1.33 bits per heavy atom. The predicted octanol–water partition coefficient (Wildman–Crippen LogP) is 3.06. The van der Waals surface area contributed by atoms with Crippen molar-refractivity contribution in [1.29, 1.82) is 0 Å². The SMILES string of the molecule is C=CC1=C(C=C)CN(C(=O)O)CC1.CC. The van der Waals surface area contributed by atoms with Gasteiger partial charge in [-0.15, -0.1) is 0 Å². The van der Waals surface area contributed by atoms with Gasteiger partial charge in [0.15, 0.2) is 0 Å². The summed E-state index contributed by atoms with van der Waals surface area (Å²) in [6.45, 7) is 12.3. The molecule has 0 saturated heterocycles. The quantitative estimate of drug-likeness (QED) is 0.759. The molecule has 0 unspecified atom stereocenters. The van der Waals surface area contributed by atoms with Gasteiger partial charge in [0, 0.05) is 13.1 Å². The first kappa shape index (κ1) is 13.5. The first-order valence-electron chi connectivity index (χ1n) is 5.13. The lowest BCUT2D eigenvalue weighted by Gasteiger charge is -2.26. The molecule has 1 amide bonds. The largest absolute Gasteiger partial charge is 0.465 e. The molecule has 1 heterocycles. The minimum atomic E-state index is -0.873. The number of carboxylic acid groups (broad SMARTS) is 1. The zero-order chi connectivity index (χ0) is 11.8. The number of carbonyl (C=O) groups is 1. The maximum atomic E-state index is 10.7. The van der Waals surface area contributed by atoms with Crippen molar-refractivity contribution in [1.82, 2.24) is 4.90 Å². The Kier molecular flexibility index (Phi) is 6.18.